The molecule has 1 aliphatic carbocycles. The quantitative estimate of drug-likeness (QED) is 0.906. The molecule has 0 saturated heterocycles. The van der Waals surface area contributed by atoms with Crippen molar-refractivity contribution in [3.05, 3.63) is 29.3 Å². The highest BCUT2D eigenvalue weighted by Gasteiger charge is 2.29. The van der Waals surface area contributed by atoms with Gasteiger partial charge in [-0.2, -0.15) is 0 Å². The Morgan fingerprint density at radius 2 is 1.74 bits per heavy atom. The van der Waals surface area contributed by atoms with Gasteiger partial charge in [-0.25, -0.2) is 8.78 Å². The van der Waals surface area contributed by atoms with E-state index in [1.165, 1.54) is 12.1 Å². The number of benzene rings is 1. The lowest BCUT2D eigenvalue weighted by Gasteiger charge is -2.34. The molecule has 106 valence electrons. The largest absolute Gasteiger partial charge is 0.484 e. The molecule has 1 fully saturated rings. The van der Waals surface area contributed by atoms with Crippen molar-refractivity contribution in [3.63, 3.8) is 0 Å². The molecule has 0 unspecified atom stereocenters. The van der Waals surface area contributed by atoms with Crippen LogP contribution in [-0.4, -0.2) is 6.10 Å². The molecule has 1 aliphatic rings. The van der Waals surface area contributed by atoms with Gasteiger partial charge in [-0.1, -0.05) is 13.8 Å². The number of hydrogen-bond donors (Lipinski definition) is 1. The van der Waals surface area contributed by atoms with Crippen molar-refractivity contribution in [2.75, 3.05) is 0 Å². The van der Waals surface area contributed by atoms with E-state index in [1.807, 2.05) is 0 Å². The summed E-state index contributed by atoms with van der Waals surface area (Å²) in [4.78, 5) is 0. The summed E-state index contributed by atoms with van der Waals surface area (Å²) in [5.74, 6) is -1.59. The minimum atomic E-state index is -0.662. The molecule has 0 atom stereocenters. The summed E-state index contributed by atoms with van der Waals surface area (Å²) in [6.45, 7) is 4.53. The Hall–Kier alpha value is -1.16. The van der Waals surface area contributed by atoms with Crippen molar-refractivity contribution in [2.45, 2.75) is 52.2 Å². The predicted octanol–water partition coefficient (Wildman–Crippen LogP) is 3.77. The molecular weight excluding hydrogens is 248 g/mol. The van der Waals surface area contributed by atoms with Crippen molar-refractivity contribution in [2.24, 2.45) is 11.1 Å². The molecule has 2 rings (SSSR count). The molecule has 4 heteroatoms. The van der Waals surface area contributed by atoms with Gasteiger partial charge in [0.1, 0.15) is 0 Å². The molecule has 2 nitrogen and oxygen atoms in total. The van der Waals surface area contributed by atoms with E-state index in [0.717, 1.165) is 25.7 Å². The summed E-state index contributed by atoms with van der Waals surface area (Å²) >= 11 is 0. The molecule has 1 aromatic rings. The highest BCUT2D eigenvalue weighted by molar-refractivity contribution is 5.31. The Balaban J connectivity index is 2.08. The minimum Gasteiger partial charge on any atom is -0.484 e. The Bertz CT molecular complexity index is 426. The van der Waals surface area contributed by atoms with Crippen LogP contribution in [0.25, 0.3) is 0 Å². The lowest BCUT2D eigenvalue weighted by molar-refractivity contribution is 0.0914. The van der Waals surface area contributed by atoms with Crippen LogP contribution in [0.3, 0.4) is 0 Å². The normalized spacial score (nSPS) is 19.4. The van der Waals surface area contributed by atoms with Gasteiger partial charge in [-0.15, -0.1) is 0 Å². The molecule has 1 saturated carbocycles. The zero-order valence-corrected chi connectivity index (χ0v) is 11.5. The summed E-state index contributed by atoms with van der Waals surface area (Å²) in [6.07, 6.45) is 3.61. The summed E-state index contributed by atoms with van der Waals surface area (Å²) in [5.41, 5.74) is 6.12. The zero-order chi connectivity index (χ0) is 14.0. The van der Waals surface area contributed by atoms with Crippen LogP contribution in [-0.2, 0) is 6.54 Å². The minimum absolute atomic E-state index is 0.0965. The van der Waals surface area contributed by atoms with E-state index < -0.39 is 11.6 Å². The molecule has 0 heterocycles. The summed E-state index contributed by atoms with van der Waals surface area (Å²) in [6, 6.07) is 2.48. The van der Waals surface area contributed by atoms with Gasteiger partial charge in [0.2, 0.25) is 0 Å². The van der Waals surface area contributed by atoms with Crippen LogP contribution in [0.5, 0.6) is 5.75 Å². The van der Waals surface area contributed by atoms with Crippen LogP contribution in [0.15, 0.2) is 12.1 Å². The molecular formula is C15H21F2NO. The molecule has 0 spiro atoms. The first-order chi connectivity index (χ1) is 8.91. The van der Waals surface area contributed by atoms with Gasteiger partial charge in [0.15, 0.2) is 17.4 Å². The van der Waals surface area contributed by atoms with Gasteiger partial charge in [0, 0.05) is 6.54 Å². The molecule has 0 aromatic heterocycles. The summed E-state index contributed by atoms with van der Waals surface area (Å²) < 4.78 is 33.1. The maximum Gasteiger partial charge on any atom is 0.191 e. The topological polar surface area (TPSA) is 35.2 Å². The molecule has 19 heavy (non-hydrogen) atoms. The van der Waals surface area contributed by atoms with E-state index in [2.05, 4.69) is 13.8 Å². The second-order valence-electron chi connectivity index (χ2n) is 6.07. The second-order valence-corrected chi connectivity index (χ2v) is 6.07. The second kappa shape index (κ2) is 5.45. The van der Waals surface area contributed by atoms with Gasteiger partial charge in [0.25, 0.3) is 0 Å². The van der Waals surface area contributed by atoms with E-state index in [1.54, 1.807) is 0 Å². The van der Waals surface area contributed by atoms with Gasteiger partial charge in [-0.05, 0) is 48.8 Å². The lowest BCUT2D eigenvalue weighted by Crippen LogP contribution is -2.28. The SMILES string of the molecule is CC1(C)CCC(Oc2c(F)cc(CN)cc2F)CC1. The molecule has 0 aliphatic heterocycles. The van der Waals surface area contributed by atoms with Crippen molar-refractivity contribution in [1.29, 1.82) is 0 Å². The maximum absolute atomic E-state index is 13.8. The first-order valence-electron chi connectivity index (χ1n) is 6.76. The van der Waals surface area contributed by atoms with Gasteiger partial charge >= 0.3 is 0 Å². The Morgan fingerprint density at radius 1 is 1.21 bits per heavy atom. The maximum atomic E-state index is 13.8. The Morgan fingerprint density at radius 3 is 2.21 bits per heavy atom. The summed E-state index contributed by atoms with van der Waals surface area (Å²) in [7, 11) is 0. The van der Waals surface area contributed by atoms with Crippen LogP contribution in [0.2, 0.25) is 0 Å². The van der Waals surface area contributed by atoms with Crippen molar-refractivity contribution in [1.82, 2.24) is 0 Å². The Labute approximate surface area is 112 Å². The fraction of sp³-hybridized carbons (Fsp3) is 0.600. The highest BCUT2D eigenvalue weighted by Crippen LogP contribution is 2.37. The van der Waals surface area contributed by atoms with Crippen molar-refractivity contribution < 1.29 is 13.5 Å². The average molecular weight is 269 g/mol. The third-order valence-corrected chi connectivity index (χ3v) is 3.86. The number of ether oxygens (including phenoxy) is 1. The molecule has 0 radical (unpaired) electrons. The molecule has 1 aromatic carbocycles. The molecule has 2 N–H and O–H groups in total. The first kappa shape index (κ1) is 14.3. The third kappa shape index (κ3) is 3.44. The predicted molar refractivity (Wildman–Crippen MR) is 70.9 cm³/mol. The van der Waals surface area contributed by atoms with Gasteiger partial charge < -0.3 is 10.5 Å². The first-order valence-corrected chi connectivity index (χ1v) is 6.76. The summed E-state index contributed by atoms with van der Waals surface area (Å²) in [5, 5.41) is 0. The van der Waals surface area contributed by atoms with Crippen LogP contribution >= 0.6 is 0 Å². The zero-order valence-electron chi connectivity index (χ0n) is 11.5. The smallest absolute Gasteiger partial charge is 0.191 e. The number of halogens is 2. The van der Waals surface area contributed by atoms with E-state index in [0.29, 0.717) is 11.0 Å². The van der Waals surface area contributed by atoms with E-state index >= 15 is 0 Å². The standard InChI is InChI=1S/C15H21F2NO/c1-15(2)5-3-11(4-6-15)19-14-12(16)7-10(9-18)8-13(14)17/h7-8,11H,3-6,9,18H2,1-2H3. The van der Waals surface area contributed by atoms with Gasteiger partial charge in [-0.3, -0.25) is 0 Å². The Kier molecular flexibility index (Phi) is 4.09. The fourth-order valence-corrected chi connectivity index (χ4v) is 2.50. The van der Waals surface area contributed by atoms with Crippen LogP contribution < -0.4 is 10.5 Å². The number of rotatable bonds is 3. The van der Waals surface area contributed by atoms with Gasteiger partial charge in [0.05, 0.1) is 6.10 Å². The number of hydrogen-bond acceptors (Lipinski definition) is 2. The van der Waals surface area contributed by atoms with Crippen LogP contribution in [0, 0.1) is 17.0 Å². The molecule has 0 amide bonds. The number of nitrogens with two attached hydrogens (primary N) is 1. The van der Waals surface area contributed by atoms with E-state index in [4.69, 9.17) is 10.5 Å². The third-order valence-electron chi connectivity index (χ3n) is 3.86. The van der Waals surface area contributed by atoms with E-state index in [9.17, 15) is 8.78 Å². The highest BCUT2D eigenvalue weighted by atomic mass is 19.1. The van der Waals surface area contributed by atoms with Crippen LogP contribution in [0.4, 0.5) is 8.78 Å². The monoisotopic (exact) mass is 269 g/mol. The van der Waals surface area contributed by atoms with Crippen LogP contribution in [0.1, 0.15) is 45.1 Å². The molecule has 0 bridgehead atoms. The fourth-order valence-electron chi connectivity index (χ4n) is 2.50. The van der Waals surface area contributed by atoms with E-state index in [-0.39, 0.29) is 18.4 Å². The van der Waals surface area contributed by atoms with Crippen molar-refractivity contribution in [3.8, 4) is 5.75 Å². The average Bonchev–Trinajstić information content (AvgIpc) is 2.35. The van der Waals surface area contributed by atoms with Crippen molar-refractivity contribution >= 4 is 0 Å². The lowest BCUT2D eigenvalue weighted by atomic mass is 9.76.